The number of aryl methyl sites for hydroxylation is 2. The van der Waals surface area contributed by atoms with Gasteiger partial charge in [0, 0.05) is 47.4 Å². The number of hydrogen-bond donors (Lipinski definition) is 3. The molecule has 1 aliphatic carbocycles. The van der Waals surface area contributed by atoms with Gasteiger partial charge in [0.1, 0.15) is 11.3 Å². The van der Waals surface area contributed by atoms with E-state index < -0.39 is 0 Å². The van der Waals surface area contributed by atoms with Gasteiger partial charge in [0.15, 0.2) is 17.5 Å². The van der Waals surface area contributed by atoms with Crippen LogP contribution in [0.2, 0.25) is 0 Å². The molecule has 0 atom stereocenters. The molecule has 39 heavy (non-hydrogen) atoms. The van der Waals surface area contributed by atoms with Crippen molar-refractivity contribution in [2.45, 2.75) is 58.0 Å². The topological polar surface area (TPSA) is 118 Å². The molecule has 4 N–H and O–H groups in total. The van der Waals surface area contributed by atoms with Crippen molar-refractivity contribution in [3.63, 3.8) is 0 Å². The van der Waals surface area contributed by atoms with Crippen LogP contribution in [0.15, 0.2) is 46.1 Å². The summed E-state index contributed by atoms with van der Waals surface area (Å²) in [7, 11) is 0. The van der Waals surface area contributed by atoms with Gasteiger partial charge in [-0.3, -0.25) is 15.1 Å². The van der Waals surface area contributed by atoms with Crippen LogP contribution in [0.4, 0.5) is 0 Å². The number of rotatable bonds is 6. The van der Waals surface area contributed by atoms with Crippen molar-refractivity contribution >= 4 is 34.4 Å². The zero-order valence-corrected chi connectivity index (χ0v) is 22.4. The maximum Gasteiger partial charge on any atom is 0.243 e. The number of carbonyl (C=O) groups excluding carboxylic acids is 2. The highest BCUT2D eigenvalue weighted by Crippen LogP contribution is 2.42. The molecule has 2 fully saturated rings. The van der Waals surface area contributed by atoms with E-state index in [1.165, 1.54) is 6.42 Å². The van der Waals surface area contributed by atoms with Gasteiger partial charge in [-0.05, 0) is 71.2 Å². The second-order valence-electron chi connectivity index (χ2n) is 10.9. The summed E-state index contributed by atoms with van der Waals surface area (Å²) in [6.45, 7) is 7.17. The Morgan fingerprint density at radius 1 is 1.26 bits per heavy atom. The number of furan rings is 1. The Hall–Kier alpha value is -4.07. The van der Waals surface area contributed by atoms with Crippen molar-refractivity contribution in [3.8, 4) is 11.3 Å². The molecule has 2 aliphatic heterocycles. The second-order valence-corrected chi connectivity index (χ2v) is 10.9. The average Bonchev–Trinajstić information content (AvgIpc) is 3.45. The number of likely N-dealkylation sites (tertiary alicyclic amines) is 1. The number of benzene rings is 1. The third-order valence-corrected chi connectivity index (χ3v) is 8.27. The Labute approximate surface area is 227 Å². The summed E-state index contributed by atoms with van der Waals surface area (Å²) < 4.78 is 8.46. The van der Waals surface area contributed by atoms with Crippen molar-refractivity contribution < 1.29 is 14.0 Å². The molecular formula is C30H34N6O3. The van der Waals surface area contributed by atoms with Crippen LogP contribution in [0, 0.1) is 13.8 Å². The summed E-state index contributed by atoms with van der Waals surface area (Å²) >= 11 is 0. The van der Waals surface area contributed by atoms with Gasteiger partial charge in [0.2, 0.25) is 5.91 Å². The monoisotopic (exact) mass is 526 g/mol. The molecule has 4 heterocycles. The number of amidine groups is 1. The molecule has 0 spiro atoms. The molecule has 9 heteroatoms. The predicted molar refractivity (Wildman–Crippen MR) is 152 cm³/mol. The standard InChI is InChI=1S/C30H34N6O3/c1-18-6-11-25-22(15-18)19(2)29(39-25)23-16-36(28-24(17-37)33-34-30(31)27(23)28)21-9-7-20(8-10-21)32-26(38)5-3-12-35-13-4-14-35/h3,5-6,11,15-16,20-21,33H,4,7-10,12-14H2,1-2H3,(H2,31,34)(H,32,38)/b5-3+. The summed E-state index contributed by atoms with van der Waals surface area (Å²) in [4.78, 5) is 26.7. The Morgan fingerprint density at radius 3 is 2.77 bits per heavy atom. The van der Waals surface area contributed by atoms with E-state index in [9.17, 15) is 9.59 Å². The van der Waals surface area contributed by atoms with Gasteiger partial charge in [-0.2, -0.15) is 5.10 Å². The van der Waals surface area contributed by atoms with Crippen LogP contribution in [0.5, 0.6) is 0 Å². The Balaban J connectivity index is 1.26. The van der Waals surface area contributed by atoms with Crippen LogP contribution in [0.25, 0.3) is 28.0 Å². The Bertz CT molecular complexity index is 1540. The van der Waals surface area contributed by atoms with Crippen LogP contribution in [0.3, 0.4) is 0 Å². The number of nitrogens with two attached hydrogens (primary N) is 1. The first-order chi connectivity index (χ1) is 18.9. The molecule has 2 aromatic heterocycles. The summed E-state index contributed by atoms with van der Waals surface area (Å²) in [5.74, 6) is 3.01. The van der Waals surface area contributed by atoms with E-state index in [-0.39, 0.29) is 23.7 Å². The van der Waals surface area contributed by atoms with E-state index in [4.69, 9.17) is 10.2 Å². The molecule has 0 bridgehead atoms. The zero-order valence-electron chi connectivity index (χ0n) is 22.4. The maximum atomic E-state index is 12.4. The first-order valence-corrected chi connectivity index (χ1v) is 13.7. The third kappa shape index (κ3) is 4.68. The quantitative estimate of drug-likeness (QED) is 0.332. The van der Waals surface area contributed by atoms with Crippen LogP contribution in [-0.2, 0) is 9.59 Å². The molecule has 3 aromatic rings. The van der Waals surface area contributed by atoms with Crippen molar-refractivity contribution in [1.82, 2.24) is 20.2 Å². The lowest BCUT2D eigenvalue weighted by atomic mass is 9.90. The molecule has 0 unspecified atom stereocenters. The van der Waals surface area contributed by atoms with Crippen LogP contribution in [0.1, 0.15) is 60.5 Å². The van der Waals surface area contributed by atoms with Crippen LogP contribution in [-0.4, -0.2) is 52.8 Å². The first kappa shape index (κ1) is 25.2. The number of carbonyl (C=O) groups is 1. The SMILES string of the molecule is Cc1ccc2oc(-c3cn(C4CCC(NC(=O)/C=C/CN5CCC5)CC4)c4c3C(N)=NNC4=C=O)c(C)c2c1. The zero-order chi connectivity index (χ0) is 27.1. The highest BCUT2D eigenvalue weighted by Gasteiger charge is 2.33. The summed E-state index contributed by atoms with van der Waals surface area (Å²) in [5, 5.41) is 8.40. The molecule has 6 rings (SSSR count). The highest BCUT2D eigenvalue weighted by molar-refractivity contribution is 6.11. The van der Waals surface area contributed by atoms with Gasteiger partial charge in [-0.1, -0.05) is 17.7 Å². The fraction of sp³-hybridized carbons (Fsp3) is 0.400. The minimum Gasteiger partial charge on any atom is -0.456 e. The molecule has 1 saturated carbocycles. The molecule has 202 valence electrons. The lowest BCUT2D eigenvalue weighted by Gasteiger charge is -2.31. The number of nitrogens with one attached hydrogen (secondary N) is 2. The third-order valence-electron chi connectivity index (χ3n) is 8.27. The van der Waals surface area contributed by atoms with Crippen LogP contribution < -0.4 is 16.5 Å². The summed E-state index contributed by atoms with van der Waals surface area (Å²) in [6.07, 6.45) is 10.3. The minimum absolute atomic E-state index is 0.0328. The van der Waals surface area contributed by atoms with Crippen molar-refractivity contribution in [2.24, 2.45) is 10.8 Å². The van der Waals surface area contributed by atoms with E-state index in [2.05, 4.69) is 38.3 Å². The van der Waals surface area contributed by atoms with Gasteiger partial charge in [-0.25, -0.2) is 4.79 Å². The van der Waals surface area contributed by atoms with Gasteiger partial charge < -0.3 is 20.0 Å². The maximum absolute atomic E-state index is 12.4. The van der Waals surface area contributed by atoms with E-state index in [1.54, 1.807) is 6.08 Å². The lowest BCUT2D eigenvalue weighted by Crippen LogP contribution is -2.38. The summed E-state index contributed by atoms with van der Waals surface area (Å²) in [5.41, 5.74) is 14.6. The van der Waals surface area contributed by atoms with Gasteiger partial charge in [0.25, 0.3) is 0 Å². The number of amides is 1. The first-order valence-electron chi connectivity index (χ1n) is 13.7. The van der Waals surface area contributed by atoms with Gasteiger partial charge in [-0.15, -0.1) is 0 Å². The van der Waals surface area contributed by atoms with E-state index in [0.717, 1.165) is 78.7 Å². The molecule has 3 aliphatic rings. The second kappa shape index (κ2) is 10.2. The molecule has 9 nitrogen and oxygen atoms in total. The molecule has 1 saturated heterocycles. The molecule has 1 amide bonds. The molecule has 1 aromatic carbocycles. The predicted octanol–water partition coefficient (Wildman–Crippen LogP) is 3.78. The normalized spacial score (nSPS) is 21.3. The average molecular weight is 527 g/mol. The minimum atomic E-state index is -0.0328. The molecular weight excluding hydrogens is 492 g/mol. The van der Waals surface area contributed by atoms with Crippen LogP contribution >= 0.6 is 0 Å². The van der Waals surface area contributed by atoms with E-state index in [1.807, 2.05) is 37.3 Å². The summed E-state index contributed by atoms with van der Waals surface area (Å²) in [6, 6.07) is 6.38. The van der Waals surface area contributed by atoms with Gasteiger partial charge in [0.05, 0.1) is 11.3 Å². The number of hydrogen-bond acceptors (Lipinski definition) is 7. The van der Waals surface area contributed by atoms with Crippen molar-refractivity contribution in [1.29, 1.82) is 0 Å². The smallest absolute Gasteiger partial charge is 0.243 e. The van der Waals surface area contributed by atoms with Crippen molar-refractivity contribution in [3.05, 3.63) is 58.9 Å². The molecule has 0 radical (unpaired) electrons. The Kier molecular flexibility index (Phi) is 6.62. The largest absolute Gasteiger partial charge is 0.456 e. The Morgan fingerprint density at radius 2 is 2.05 bits per heavy atom. The fourth-order valence-corrected chi connectivity index (χ4v) is 6.01. The highest BCUT2D eigenvalue weighted by atomic mass is 16.3. The number of hydrazone groups is 1. The fourth-order valence-electron chi connectivity index (χ4n) is 6.01. The van der Waals surface area contributed by atoms with E-state index >= 15 is 0 Å². The number of nitrogens with zero attached hydrogens (tertiary/aromatic N) is 3. The number of aromatic nitrogens is 1. The lowest BCUT2D eigenvalue weighted by molar-refractivity contribution is -0.117. The number of fused-ring (bicyclic) bond motifs is 2. The van der Waals surface area contributed by atoms with Crippen molar-refractivity contribution in [2.75, 3.05) is 19.6 Å². The van der Waals surface area contributed by atoms with E-state index in [0.29, 0.717) is 17.1 Å². The van der Waals surface area contributed by atoms with Gasteiger partial charge >= 0.3 is 0 Å².